The molecule has 7 heteroatoms. The highest BCUT2D eigenvalue weighted by atomic mass is 32.2. The lowest BCUT2D eigenvalue weighted by molar-refractivity contribution is 0.207. The lowest BCUT2D eigenvalue weighted by Crippen LogP contribution is -2.52. The van der Waals surface area contributed by atoms with Crippen molar-refractivity contribution in [3.05, 3.63) is 34.9 Å². The Kier molecular flexibility index (Phi) is 5.64. The third kappa shape index (κ3) is 4.31. The predicted molar refractivity (Wildman–Crippen MR) is 115 cm³/mol. The van der Waals surface area contributed by atoms with Crippen molar-refractivity contribution >= 4 is 16.1 Å². The maximum absolute atomic E-state index is 12.5. The number of piperidine rings is 1. The second-order valence-corrected chi connectivity index (χ2v) is 11.4. The third-order valence-electron chi connectivity index (χ3n) is 7.11. The molecule has 2 aliphatic carbocycles. The summed E-state index contributed by atoms with van der Waals surface area (Å²) in [5.74, 6) is 0. The fourth-order valence-corrected chi connectivity index (χ4v) is 6.43. The van der Waals surface area contributed by atoms with E-state index in [4.69, 9.17) is 0 Å². The largest absolute Gasteiger partial charge is 0.337 e. The number of rotatable bonds is 6. The second kappa shape index (κ2) is 7.91. The van der Waals surface area contributed by atoms with Gasteiger partial charge in [-0.25, -0.2) is 17.5 Å². The standard InChI is InChI=1S/C22H33N3O3S/c1-16-4-5-18(14-17(16)2)22(10-3-11-22)15-23-21(26)24-19-8-12-25(13-9-19)29(27,28)20-6-7-20/h4-5,14,19-20H,3,6-13,15H2,1-2H3,(H2,23,24,26). The fraction of sp³-hybridized carbons (Fsp3) is 0.682. The van der Waals surface area contributed by atoms with Gasteiger partial charge in [-0.1, -0.05) is 24.6 Å². The molecule has 0 aromatic heterocycles. The van der Waals surface area contributed by atoms with E-state index in [1.165, 1.54) is 23.1 Å². The molecule has 3 aliphatic rings. The molecule has 1 heterocycles. The SMILES string of the molecule is Cc1ccc(C2(CNC(=O)NC3CCN(S(=O)(=O)C4CC4)CC3)CCC2)cc1C. The molecule has 1 aromatic rings. The highest BCUT2D eigenvalue weighted by molar-refractivity contribution is 7.90. The third-order valence-corrected chi connectivity index (χ3v) is 9.51. The number of carbonyl (C=O) groups is 1. The number of aryl methyl sites for hydroxylation is 2. The van der Waals surface area contributed by atoms with Gasteiger partial charge >= 0.3 is 6.03 Å². The number of nitrogens with zero attached hydrogens (tertiary/aromatic N) is 1. The Morgan fingerprint density at radius 1 is 1.10 bits per heavy atom. The Bertz CT molecular complexity index is 867. The molecule has 29 heavy (non-hydrogen) atoms. The maximum Gasteiger partial charge on any atom is 0.315 e. The molecular weight excluding hydrogens is 386 g/mol. The molecule has 6 nitrogen and oxygen atoms in total. The van der Waals surface area contributed by atoms with Crippen LogP contribution in [0.5, 0.6) is 0 Å². The average Bonchev–Trinajstić information content (AvgIpc) is 3.50. The summed E-state index contributed by atoms with van der Waals surface area (Å²) < 4.78 is 26.3. The van der Waals surface area contributed by atoms with Gasteiger partial charge in [0.2, 0.25) is 10.0 Å². The number of benzene rings is 1. The Morgan fingerprint density at radius 3 is 2.34 bits per heavy atom. The summed E-state index contributed by atoms with van der Waals surface area (Å²) in [5, 5.41) is 6.00. The summed E-state index contributed by atoms with van der Waals surface area (Å²) in [4.78, 5) is 12.5. The highest BCUT2D eigenvalue weighted by Crippen LogP contribution is 2.43. The van der Waals surface area contributed by atoms with Gasteiger partial charge in [-0.3, -0.25) is 0 Å². The Hall–Kier alpha value is -1.60. The van der Waals surface area contributed by atoms with Crippen LogP contribution in [-0.4, -0.2) is 49.7 Å². The number of sulfonamides is 1. The predicted octanol–water partition coefficient (Wildman–Crippen LogP) is 2.98. The molecule has 3 fully saturated rings. The number of urea groups is 1. The molecule has 2 N–H and O–H groups in total. The molecule has 4 rings (SSSR count). The number of nitrogens with one attached hydrogen (secondary N) is 2. The molecule has 2 saturated carbocycles. The van der Waals surface area contributed by atoms with Gasteiger partial charge in [0.25, 0.3) is 0 Å². The molecule has 2 amide bonds. The summed E-state index contributed by atoms with van der Waals surface area (Å²) >= 11 is 0. The zero-order chi connectivity index (χ0) is 20.6. The summed E-state index contributed by atoms with van der Waals surface area (Å²) in [6, 6.07) is 6.55. The van der Waals surface area contributed by atoms with Crippen LogP contribution in [0.1, 0.15) is 61.6 Å². The van der Waals surface area contributed by atoms with Gasteiger partial charge in [0, 0.05) is 31.1 Å². The van der Waals surface area contributed by atoms with Crippen LogP contribution in [0.3, 0.4) is 0 Å². The number of hydrogen-bond acceptors (Lipinski definition) is 3. The van der Waals surface area contributed by atoms with E-state index in [0.717, 1.165) is 25.7 Å². The molecule has 0 bridgehead atoms. The van der Waals surface area contributed by atoms with Gasteiger partial charge in [-0.2, -0.15) is 0 Å². The van der Waals surface area contributed by atoms with Crippen LogP contribution in [0.25, 0.3) is 0 Å². The van der Waals surface area contributed by atoms with Crippen molar-refractivity contribution in [2.75, 3.05) is 19.6 Å². The molecule has 1 aromatic carbocycles. The van der Waals surface area contributed by atoms with Crippen LogP contribution in [0.15, 0.2) is 18.2 Å². The molecule has 0 atom stereocenters. The minimum absolute atomic E-state index is 0.0413. The van der Waals surface area contributed by atoms with Crippen molar-refractivity contribution in [1.82, 2.24) is 14.9 Å². The average molecular weight is 420 g/mol. The molecule has 0 spiro atoms. The van der Waals surface area contributed by atoms with Gasteiger partial charge in [0.15, 0.2) is 0 Å². The van der Waals surface area contributed by atoms with Crippen LogP contribution < -0.4 is 10.6 Å². The van der Waals surface area contributed by atoms with Crippen molar-refractivity contribution in [1.29, 1.82) is 0 Å². The smallest absolute Gasteiger partial charge is 0.315 e. The van der Waals surface area contributed by atoms with E-state index >= 15 is 0 Å². The molecule has 160 valence electrons. The van der Waals surface area contributed by atoms with Gasteiger partial charge in [-0.05, 0) is 69.1 Å². The van der Waals surface area contributed by atoms with Crippen molar-refractivity contribution in [3.8, 4) is 0 Å². The highest BCUT2D eigenvalue weighted by Gasteiger charge is 2.42. The van der Waals surface area contributed by atoms with Crippen LogP contribution in [-0.2, 0) is 15.4 Å². The van der Waals surface area contributed by atoms with Crippen LogP contribution in [0.4, 0.5) is 4.79 Å². The number of hydrogen-bond donors (Lipinski definition) is 2. The Balaban J connectivity index is 1.27. The lowest BCUT2D eigenvalue weighted by Gasteiger charge is -2.43. The Labute approximate surface area is 174 Å². The van der Waals surface area contributed by atoms with E-state index in [2.05, 4.69) is 42.7 Å². The van der Waals surface area contributed by atoms with Crippen molar-refractivity contribution in [2.45, 2.75) is 75.5 Å². The summed E-state index contributed by atoms with van der Waals surface area (Å²) in [7, 11) is -3.10. The van der Waals surface area contributed by atoms with Crippen LogP contribution in [0, 0.1) is 13.8 Å². The summed E-state index contributed by atoms with van der Waals surface area (Å²) in [6.45, 7) is 5.93. The monoisotopic (exact) mass is 419 g/mol. The summed E-state index contributed by atoms with van der Waals surface area (Å²) in [5.41, 5.74) is 3.97. The van der Waals surface area contributed by atoms with Crippen molar-refractivity contribution in [2.24, 2.45) is 0 Å². The van der Waals surface area contributed by atoms with E-state index in [9.17, 15) is 13.2 Å². The topological polar surface area (TPSA) is 78.5 Å². The molecular formula is C22H33N3O3S. The van der Waals surface area contributed by atoms with E-state index in [0.29, 0.717) is 32.5 Å². The van der Waals surface area contributed by atoms with Gasteiger partial charge in [0.1, 0.15) is 0 Å². The first kappa shape index (κ1) is 20.7. The zero-order valence-electron chi connectivity index (χ0n) is 17.5. The summed E-state index contributed by atoms with van der Waals surface area (Å²) in [6.07, 6.45) is 6.37. The molecule has 0 radical (unpaired) electrons. The minimum atomic E-state index is -3.10. The van der Waals surface area contributed by atoms with Gasteiger partial charge in [0.05, 0.1) is 5.25 Å². The van der Waals surface area contributed by atoms with Gasteiger partial charge in [-0.15, -0.1) is 0 Å². The Morgan fingerprint density at radius 2 is 1.79 bits per heavy atom. The van der Waals surface area contributed by atoms with Crippen LogP contribution in [0.2, 0.25) is 0 Å². The van der Waals surface area contributed by atoms with Crippen molar-refractivity contribution < 1.29 is 13.2 Å². The first-order valence-corrected chi connectivity index (χ1v) is 12.4. The van der Waals surface area contributed by atoms with Gasteiger partial charge < -0.3 is 10.6 Å². The lowest BCUT2D eigenvalue weighted by atomic mass is 9.64. The van der Waals surface area contributed by atoms with E-state index in [-0.39, 0.29) is 22.7 Å². The number of carbonyl (C=O) groups excluding carboxylic acids is 1. The van der Waals surface area contributed by atoms with E-state index in [1.54, 1.807) is 4.31 Å². The minimum Gasteiger partial charge on any atom is -0.337 e. The molecule has 1 aliphatic heterocycles. The van der Waals surface area contributed by atoms with E-state index < -0.39 is 10.0 Å². The van der Waals surface area contributed by atoms with Crippen molar-refractivity contribution in [3.63, 3.8) is 0 Å². The second-order valence-electron chi connectivity index (χ2n) is 9.18. The zero-order valence-corrected chi connectivity index (χ0v) is 18.4. The normalized spacial score (nSPS) is 22.7. The molecule has 1 saturated heterocycles. The quantitative estimate of drug-likeness (QED) is 0.744. The van der Waals surface area contributed by atoms with E-state index in [1.807, 2.05) is 0 Å². The first-order valence-electron chi connectivity index (χ1n) is 10.9. The molecule has 0 unspecified atom stereocenters. The van der Waals surface area contributed by atoms with Crippen LogP contribution >= 0.6 is 0 Å². The maximum atomic E-state index is 12.5. The first-order chi connectivity index (χ1) is 13.8. The fourth-order valence-electron chi connectivity index (χ4n) is 4.56. The number of amides is 2.